The number of rotatable bonds is 9. The summed E-state index contributed by atoms with van der Waals surface area (Å²) in [5.41, 5.74) is 1.70. The number of fused-ring (bicyclic) bond motifs is 1. The highest BCUT2D eigenvalue weighted by atomic mass is 16.7. The molecule has 15 nitrogen and oxygen atoms in total. The second-order valence-electron chi connectivity index (χ2n) is 12.3. The Hall–Kier alpha value is -2.80. The van der Waals surface area contributed by atoms with Gasteiger partial charge in [-0.15, -0.1) is 0 Å². The zero-order valence-electron chi connectivity index (χ0n) is 26.1. The molecule has 0 aliphatic carbocycles. The number of ether oxygens (including phenoxy) is 8. The molecule has 6 rings (SSSR count). The van der Waals surface area contributed by atoms with Crippen molar-refractivity contribution < 1.29 is 73.6 Å². The van der Waals surface area contributed by atoms with Crippen LogP contribution in [0.5, 0.6) is 23.0 Å². The minimum Gasteiger partial charge on any atom is -0.504 e. The molecule has 14 unspecified atom stereocenters. The maximum Gasteiger partial charge on any atom is 0.229 e. The Bertz CT molecular complexity index is 1380. The fourth-order valence-corrected chi connectivity index (χ4v) is 6.68. The second-order valence-corrected chi connectivity index (χ2v) is 12.3. The van der Waals surface area contributed by atoms with Gasteiger partial charge in [-0.3, -0.25) is 0 Å². The van der Waals surface area contributed by atoms with Gasteiger partial charge in [-0.2, -0.15) is 0 Å². The predicted octanol–water partition coefficient (Wildman–Crippen LogP) is -0.485. The summed E-state index contributed by atoms with van der Waals surface area (Å²) in [4.78, 5) is 0. The van der Waals surface area contributed by atoms with Crippen LogP contribution in [0.1, 0.15) is 30.3 Å². The molecule has 0 saturated carbocycles. The molecule has 4 fully saturated rings. The summed E-state index contributed by atoms with van der Waals surface area (Å²) >= 11 is 0. The molecule has 4 saturated heterocycles. The number of methoxy groups -OCH3 is 2. The highest BCUT2D eigenvalue weighted by molar-refractivity contribution is 5.45. The van der Waals surface area contributed by atoms with Crippen LogP contribution in [0.15, 0.2) is 36.4 Å². The minimum atomic E-state index is -1.68. The fraction of sp³-hybridized carbons (Fsp3) is 0.625. The van der Waals surface area contributed by atoms with Gasteiger partial charge in [-0.25, -0.2) is 0 Å². The van der Waals surface area contributed by atoms with Crippen LogP contribution < -0.4 is 14.2 Å². The van der Waals surface area contributed by atoms with Crippen molar-refractivity contribution in [3.05, 3.63) is 47.5 Å². The standard InChI is InChI=1S/C32H42O15/c1-13-23(34)25(36)27(38)31(45-13)44-12-22-24(35)26(37)28(39)32(47-22)46-19-7-5-15(9-21(19)41-3)30-17-11-42-29(16(17)10-43-30)14-4-6-18(33)20(8-14)40-2/h4-9,13,16-17,22-39H,10-12H2,1-3H3. The molecule has 2 aromatic rings. The summed E-state index contributed by atoms with van der Waals surface area (Å²) in [7, 11) is 2.94. The van der Waals surface area contributed by atoms with Crippen molar-refractivity contribution in [1.82, 2.24) is 0 Å². The zero-order chi connectivity index (χ0) is 33.6. The van der Waals surface area contributed by atoms with E-state index in [0.29, 0.717) is 24.7 Å². The van der Waals surface area contributed by atoms with Gasteiger partial charge in [-0.1, -0.05) is 12.1 Å². The van der Waals surface area contributed by atoms with Crippen LogP contribution in [0, 0.1) is 11.8 Å². The summed E-state index contributed by atoms with van der Waals surface area (Å²) in [5, 5.41) is 72.0. The molecule has 4 aliphatic heterocycles. The molecule has 14 atom stereocenters. The first-order valence-electron chi connectivity index (χ1n) is 15.5. The van der Waals surface area contributed by atoms with Gasteiger partial charge in [0.2, 0.25) is 6.29 Å². The van der Waals surface area contributed by atoms with Crippen molar-refractivity contribution in [3.8, 4) is 23.0 Å². The van der Waals surface area contributed by atoms with Gasteiger partial charge in [0.25, 0.3) is 0 Å². The van der Waals surface area contributed by atoms with Gasteiger partial charge in [-0.05, 0) is 42.3 Å². The maximum atomic E-state index is 10.7. The van der Waals surface area contributed by atoms with Gasteiger partial charge in [0.1, 0.15) is 42.7 Å². The molecule has 4 aliphatic rings. The molecule has 260 valence electrons. The van der Waals surface area contributed by atoms with E-state index < -0.39 is 68.0 Å². The molecule has 2 aromatic carbocycles. The average molecular weight is 667 g/mol. The lowest BCUT2D eigenvalue weighted by Gasteiger charge is -2.42. The van der Waals surface area contributed by atoms with Gasteiger partial charge in [0.05, 0.1) is 52.4 Å². The Balaban J connectivity index is 1.12. The Morgan fingerprint density at radius 3 is 1.87 bits per heavy atom. The quantitative estimate of drug-likeness (QED) is 0.180. The minimum absolute atomic E-state index is 0.0381. The molecule has 0 spiro atoms. The lowest BCUT2D eigenvalue weighted by Crippen LogP contribution is -2.61. The van der Waals surface area contributed by atoms with E-state index in [1.807, 2.05) is 6.07 Å². The summed E-state index contributed by atoms with van der Waals surface area (Å²) in [6.07, 6.45) is -14.8. The number of benzene rings is 2. The lowest BCUT2D eigenvalue weighted by atomic mass is 9.85. The second kappa shape index (κ2) is 14.0. The summed E-state index contributed by atoms with van der Waals surface area (Å²) in [5.74, 6) is 1.00. The van der Waals surface area contributed by atoms with E-state index in [1.54, 1.807) is 30.3 Å². The third kappa shape index (κ3) is 6.50. The zero-order valence-corrected chi connectivity index (χ0v) is 26.1. The molecule has 7 N–H and O–H groups in total. The van der Waals surface area contributed by atoms with E-state index in [1.165, 1.54) is 21.1 Å². The average Bonchev–Trinajstić information content (AvgIpc) is 3.69. The molecule has 0 bridgehead atoms. The highest BCUT2D eigenvalue weighted by Gasteiger charge is 2.49. The van der Waals surface area contributed by atoms with Crippen LogP contribution >= 0.6 is 0 Å². The smallest absolute Gasteiger partial charge is 0.229 e. The number of hydrogen-bond acceptors (Lipinski definition) is 15. The lowest BCUT2D eigenvalue weighted by molar-refractivity contribution is -0.318. The predicted molar refractivity (Wildman–Crippen MR) is 158 cm³/mol. The van der Waals surface area contributed by atoms with Crippen molar-refractivity contribution in [1.29, 1.82) is 0 Å². The van der Waals surface area contributed by atoms with Gasteiger partial charge in [0, 0.05) is 11.8 Å². The van der Waals surface area contributed by atoms with E-state index in [2.05, 4.69) is 0 Å². The number of aliphatic hydroxyl groups is 6. The molecule has 0 aromatic heterocycles. The van der Waals surface area contributed by atoms with Crippen LogP contribution in [0.25, 0.3) is 0 Å². The molecule has 0 amide bonds. The SMILES string of the molecule is COc1cc(C2OCC3C(c4ccc(OC5OC(COC6OC(C)C(O)C(O)C6O)C(O)C(O)C5O)c(OC)c4)OCC23)ccc1O. The van der Waals surface area contributed by atoms with Crippen molar-refractivity contribution in [2.75, 3.05) is 34.0 Å². The van der Waals surface area contributed by atoms with Crippen LogP contribution in [0.3, 0.4) is 0 Å². The number of aromatic hydroxyl groups is 1. The van der Waals surface area contributed by atoms with Crippen molar-refractivity contribution in [3.63, 3.8) is 0 Å². The monoisotopic (exact) mass is 666 g/mol. The first kappa shape index (κ1) is 34.1. The van der Waals surface area contributed by atoms with E-state index in [9.17, 15) is 35.7 Å². The Labute approximate surface area is 270 Å². The molecular weight excluding hydrogens is 624 g/mol. The van der Waals surface area contributed by atoms with Crippen molar-refractivity contribution in [2.45, 2.75) is 80.5 Å². The number of phenolic OH excluding ortho intramolecular Hbond substituents is 1. The number of phenols is 1. The van der Waals surface area contributed by atoms with Gasteiger partial charge >= 0.3 is 0 Å². The summed E-state index contributed by atoms with van der Waals surface area (Å²) in [6, 6.07) is 10.3. The topological polar surface area (TPSA) is 215 Å². The van der Waals surface area contributed by atoms with E-state index in [0.717, 1.165) is 11.1 Å². The van der Waals surface area contributed by atoms with E-state index in [4.69, 9.17) is 37.9 Å². The van der Waals surface area contributed by atoms with Gasteiger partial charge in [0.15, 0.2) is 29.3 Å². The Morgan fingerprint density at radius 1 is 0.660 bits per heavy atom. The molecule has 4 heterocycles. The summed E-state index contributed by atoms with van der Waals surface area (Å²) < 4.78 is 45.9. The fourth-order valence-electron chi connectivity index (χ4n) is 6.68. The Kier molecular flexibility index (Phi) is 10.1. The number of aliphatic hydroxyl groups excluding tert-OH is 6. The molecule has 0 radical (unpaired) electrons. The summed E-state index contributed by atoms with van der Waals surface area (Å²) in [6.45, 7) is 1.99. The van der Waals surface area contributed by atoms with Crippen LogP contribution in [-0.2, 0) is 23.7 Å². The largest absolute Gasteiger partial charge is 0.504 e. The molecule has 15 heteroatoms. The maximum absolute atomic E-state index is 10.7. The first-order valence-corrected chi connectivity index (χ1v) is 15.5. The van der Waals surface area contributed by atoms with Crippen molar-refractivity contribution in [2.24, 2.45) is 11.8 Å². The first-order chi connectivity index (χ1) is 22.5. The van der Waals surface area contributed by atoms with Crippen molar-refractivity contribution >= 4 is 0 Å². The van der Waals surface area contributed by atoms with E-state index >= 15 is 0 Å². The highest BCUT2D eigenvalue weighted by Crippen LogP contribution is 2.51. The Morgan fingerprint density at radius 2 is 1.23 bits per heavy atom. The van der Waals surface area contributed by atoms with Crippen LogP contribution in [0.2, 0.25) is 0 Å². The third-order valence-corrected chi connectivity index (χ3v) is 9.46. The normalized spacial score (nSPS) is 40.2. The van der Waals surface area contributed by atoms with E-state index in [-0.39, 0.29) is 35.5 Å². The van der Waals surface area contributed by atoms with Gasteiger partial charge < -0.3 is 73.6 Å². The van der Waals surface area contributed by atoms with Crippen LogP contribution in [-0.4, -0.2) is 131 Å². The third-order valence-electron chi connectivity index (χ3n) is 9.46. The van der Waals surface area contributed by atoms with Crippen LogP contribution in [0.4, 0.5) is 0 Å². The molecular formula is C32H42O15. The molecule has 47 heavy (non-hydrogen) atoms. The number of hydrogen-bond donors (Lipinski definition) is 7.